The molecule has 0 aliphatic rings. The van der Waals surface area contributed by atoms with Crippen LogP contribution >= 0.6 is 0 Å². The summed E-state index contributed by atoms with van der Waals surface area (Å²) in [4.78, 5) is 13.8. The molecule has 0 fully saturated rings. The van der Waals surface area contributed by atoms with Crippen LogP contribution in [0.3, 0.4) is 0 Å². The van der Waals surface area contributed by atoms with Gasteiger partial charge in [0.25, 0.3) is 5.91 Å². The van der Waals surface area contributed by atoms with Crippen LogP contribution in [0.15, 0.2) is 12.4 Å². The number of hydrogen-bond acceptors (Lipinski definition) is 3. The van der Waals surface area contributed by atoms with Gasteiger partial charge in [0.05, 0.1) is 11.8 Å². The molecule has 0 saturated carbocycles. The van der Waals surface area contributed by atoms with Gasteiger partial charge < -0.3 is 10.6 Å². The van der Waals surface area contributed by atoms with Gasteiger partial charge in [-0.25, -0.2) is 0 Å². The number of H-pyrrole nitrogens is 1. The molecule has 1 amide bonds. The molecular formula is C10H18N4O. The van der Waals surface area contributed by atoms with Gasteiger partial charge in [-0.15, -0.1) is 0 Å². The Labute approximate surface area is 89.6 Å². The molecular weight excluding hydrogens is 192 g/mol. The van der Waals surface area contributed by atoms with Crippen LogP contribution in [-0.4, -0.2) is 40.1 Å². The SMILES string of the molecule is CC(C)N(CCCN)C(=O)c1cn[nH]c1. The Morgan fingerprint density at radius 2 is 2.40 bits per heavy atom. The lowest BCUT2D eigenvalue weighted by atomic mass is 10.2. The summed E-state index contributed by atoms with van der Waals surface area (Å²) in [5.41, 5.74) is 6.04. The fourth-order valence-corrected chi connectivity index (χ4v) is 1.39. The Morgan fingerprint density at radius 1 is 1.67 bits per heavy atom. The van der Waals surface area contributed by atoms with Crippen molar-refractivity contribution in [3.8, 4) is 0 Å². The molecule has 84 valence electrons. The third-order valence-electron chi connectivity index (χ3n) is 2.23. The molecule has 0 radical (unpaired) electrons. The van der Waals surface area contributed by atoms with Crippen molar-refractivity contribution in [3.63, 3.8) is 0 Å². The summed E-state index contributed by atoms with van der Waals surface area (Å²) >= 11 is 0. The van der Waals surface area contributed by atoms with Gasteiger partial charge >= 0.3 is 0 Å². The molecule has 5 heteroatoms. The highest BCUT2D eigenvalue weighted by atomic mass is 16.2. The summed E-state index contributed by atoms with van der Waals surface area (Å²) in [5.74, 6) is 0.00667. The van der Waals surface area contributed by atoms with Crippen LogP contribution in [0.5, 0.6) is 0 Å². The zero-order valence-corrected chi connectivity index (χ0v) is 9.23. The normalized spacial score (nSPS) is 10.7. The van der Waals surface area contributed by atoms with Crippen LogP contribution < -0.4 is 5.73 Å². The van der Waals surface area contributed by atoms with Crippen molar-refractivity contribution in [1.29, 1.82) is 0 Å². The van der Waals surface area contributed by atoms with Crippen LogP contribution in [0.1, 0.15) is 30.6 Å². The third kappa shape index (κ3) is 3.06. The maximum Gasteiger partial charge on any atom is 0.257 e. The van der Waals surface area contributed by atoms with Gasteiger partial charge in [-0.1, -0.05) is 0 Å². The monoisotopic (exact) mass is 210 g/mol. The number of amides is 1. The van der Waals surface area contributed by atoms with Crippen LogP contribution in [0, 0.1) is 0 Å². The quantitative estimate of drug-likeness (QED) is 0.747. The zero-order valence-electron chi connectivity index (χ0n) is 9.23. The first kappa shape index (κ1) is 11.7. The minimum absolute atomic E-state index is 0.00667. The molecule has 3 N–H and O–H groups in total. The number of aromatic nitrogens is 2. The number of rotatable bonds is 5. The second-order valence-electron chi connectivity index (χ2n) is 3.72. The number of nitrogens with one attached hydrogen (secondary N) is 1. The second-order valence-corrected chi connectivity index (χ2v) is 3.72. The molecule has 0 aliphatic heterocycles. The number of nitrogens with zero attached hydrogens (tertiary/aromatic N) is 2. The standard InChI is InChI=1S/C10H18N4O/c1-8(2)14(5-3-4-11)10(15)9-6-12-13-7-9/h6-8H,3-5,11H2,1-2H3,(H,12,13). The van der Waals surface area contributed by atoms with E-state index in [-0.39, 0.29) is 11.9 Å². The molecule has 0 saturated heterocycles. The van der Waals surface area contributed by atoms with E-state index in [0.29, 0.717) is 18.7 Å². The lowest BCUT2D eigenvalue weighted by molar-refractivity contribution is 0.0705. The largest absolute Gasteiger partial charge is 0.336 e. The average Bonchev–Trinajstić information content (AvgIpc) is 2.70. The highest BCUT2D eigenvalue weighted by Crippen LogP contribution is 2.07. The van der Waals surface area contributed by atoms with E-state index in [0.717, 1.165) is 6.42 Å². The summed E-state index contributed by atoms with van der Waals surface area (Å²) in [6.07, 6.45) is 3.97. The van der Waals surface area contributed by atoms with Crippen molar-refractivity contribution in [3.05, 3.63) is 18.0 Å². The molecule has 1 aromatic rings. The van der Waals surface area contributed by atoms with E-state index in [2.05, 4.69) is 10.2 Å². The van der Waals surface area contributed by atoms with Crippen molar-refractivity contribution >= 4 is 5.91 Å². The first-order valence-electron chi connectivity index (χ1n) is 5.16. The molecule has 0 spiro atoms. The molecule has 0 aliphatic carbocycles. The van der Waals surface area contributed by atoms with E-state index >= 15 is 0 Å². The predicted octanol–water partition coefficient (Wildman–Crippen LogP) is 0.609. The first-order chi connectivity index (χ1) is 7.16. The minimum atomic E-state index is 0.00667. The fraction of sp³-hybridized carbons (Fsp3) is 0.600. The molecule has 0 atom stereocenters. The van der Waals surface area contributed by atoms with Crippen molar-refractivity contribution in [1.82, 2.24) is 15.1 Å². The third-order valence-corrected chi connectivity index (χ3v) is 2.23. The number of carbonyl (C=O) groups excluding carboxylic acids is 1. The van der Waals surface area contributed by atoms with Crippen LogP contribution in [-0.2, 0) is 0 Å². The highest BCUT2D eigenvalue weighted by molar-refractivity contribution is 5.93. The van der Waals surface area contributed by atoms with Crippen molar-refractivity contribution in [2.75, 3.05) is 13.1 Å². The number of carbonyl (C=O) groups is 1. The van der Waals surface area contributed by atoms with Crippen LogP contribution in [0.25, 0.3) is 0 Å². The Bertz CT molecular complexity index is 294. The molecule has 1 rings (SSSR count). The van der Waals surface area contributed by atoms with Gasteiger partial charge in [0, 0.05) is 18.8 Å². The number of aromatic amines is 1. The summed E-state index contributed by atoms with van der Waals surface area (Å²) in [5, 5.41) is 6.41. The van der Waals surface area contributed by atoms with Crippen LogP contribution in [0.4, 0.5) is 0 Å². The summed E-state index contributed by atoms with van der Waals surface area (Å²) in [6.45, 7) is 5.28. The molecule has 0 aromatic carbocycles. The van der Waals surface area contributed by atoms with Gasteiger partial charge in [-0.3, -0.25) is 9.89 Å². The van der Waals surface area contributed by atoms with Crippen molar-refractivity contribution < 1.29 is 4.79 Å². The smallest absolute Gasteiger partial charge is 0.257 e. The first-order valence-corrected chi connectivity index (χ1v) is 5.16. The molecule has 15 heavy (non-hydrogen) atoms. The molecule has 5 nitrogen and oxygen atoms in total. The predicted molar refractivity (Wildman–Crippen MR) is 58.4 cm³/mol. The number of hydrogen-bond donors (Lipinski definition) is 2. The zero-order chi connectivity index (χ0) is 11.3. The van der Waals surface area contributed by atoms with E-state index in [9.17, 15) is 4.79 Å². The Kier molecular flexibility index (Phi) is 4.30. The van der Waals surface area contributed by atoms with E-state index < -0.39 is 0 Å². The lowest BCUT2D eigenvalue weighted by Gasteiger charge is -2.26. The summed E-state index contributed by atoms with van der Waals surface area (Å²) < 4.78 is 0. The van der Waals surface area contributed by atoms with Crippen LogP contribution in [0.2, 0.25) is 0 Å². The van der Waals surface area contributed by atoms with E-state index in [1.165, 1.54) is 0 Å². The molecule has 0 unspecified atom stereocenters. The number of nitrogens with two attached hydrogens (primary N) is 1. The van der Waals surface area contributed by atoms with Gasteiger partial charge in [0.15, 0.2) is 0 Å². The Morgan fingerprint density at radius 3 is 2.87 bits per heavy atom. The van der Waals surface area contributed by atoms with Gasteiger partial charge in [-0.05, 0) is 26.8 Å². The Hall–Kier alpha value is -1.36. The maximum absolute atomic E-state index is 12.0. The molecule has 1 aromatic heterocycles. The molecule has 1 heterocycles. The van der Waals surface area contributed by atoms with Crippen molar-refractivity contribution in [2.45, 2.75) is 26.3 Å². The second kappa shape index (κ2) is 5.50. The Balaban J connectivity index is 2.67. The maximum atomic E-state index is 12.0. The fourth-order valence-electron chi connectivity index (χ4n) is 1.39. The topological polar surface area (TPSA) is 75.0 Å². The van der Waals surface area contributed by atoms with Gasteiger partial charge in [0.2, 0.25) is 0 Å². The van der Waals surface area contributed by atoms with Gasteiger partial charge in [0.1, 0.15) is 0 Å². The van der Waals surface area contributed by atoms with Gasteiger partial charge in [-0.2, -0.15) is 5.10 Å². The van der Waals surface area contributed by atoms with E-state index in [1.807, 2.05) is 13.8 Å². The van der Waals surface area contributed by atoms with Crippen molar-refractivity contribution in [2.24, 2.45) is 5.73 Å². The van der Waals surface area contributed by atoms with E-state index in [4.69, 9.17) is 5.73 Å². The highest BCUT2D eigenvalue weighted by Gasteiger charge is 2.18. The molecule has 0 bridgehead atoms. The lowest BCUT2D eigenvalue weighted by Crippen LogP contribution is -2.38. The van der Waals surface area contributed by atoms with E-state index in [1.54, 1.807) is 17.3 Å². The minimum Gasteiger partial charge on any atom is -0.336 e. The average molecular weight is 210 g/mol. The summed E-state index contributed by atoms with van der Waals surface area (Å²) in [6, 6.07) is 0.180. The summed E-state index contributed by atoms with van der Waals surface area (Å²) in [7, 11) is 0.